The number of hydroxylamine groups is 2. The number of nitrogens with zero attached hydrogens (tertiary/aromatic N) is 3. The molecule has 36 heavy (non-hydrogen) atoms. The van der Waals surface area contributed by atoms with Crippen molar-refractivity contribution in [2.24, 2.45) is 0 Å². The van der Waals surface area contributed by atoms with Crippen molar-refractivity contribution in [3.8, 4) is 0 Å². The second-order valence-corrected chi connectivity index (χ2v) is 8.42. The van der Waals surface area contributed by atoms with Crippen LogP contribution >= 0.6 is 0 Å². The predicted molar refractivity (Wildman–Crippen MR) is 112 cm³/mol. The summed E-state index contributed by atoms with van der Waals surface area (Å²) in [6.45, 7) is -2.14. The maximum absolute atomic E-state index is 11.9. The Morgan fingerprint density at radius 2 is 1.67 bits per heavy atom. The summed E-state index contributed by atoms with van der Waals surface area (Å²) in [6, 6.07) is 2.70. The first kappa shape index (κ1) is 27.5. The SMILES string of the molecule is O=C(CNC(=O)CNc1ccc([N+](=O)[O-])cc1[N+](=O)[O-])NCC(=O)ON1C(=O)CC(S(=O)(=O)O)C1=O. The Labute approximate surface area is 199 Å². The van der Waals surface area contributed by atoms with Crippen LogP contribution in [0.3, 0.4) is 0 Å². The number of nitrogens with one attached hydrogen (secondary N) is 3. The van der Waals surface area contributed by atoms with E-state index in [1.807, 2.05) is 5.32 Å². The monoisotopic (exact) mass is 532 g/mol. The zero-order valence-electron chi connectivity index (χ0n) is 17.7. The Balaban J connectivity index is 1.78. The molecule has 0 radical (unpaired) electrons. The molecule has 1 heterocycles. The maximum atomic E-state index is 11.9. The summed E-state index contributed by atoms with van der Waals surface area (Å²) in [7, 11) is -4.91. The van der Waals surface area contributed by atoms with Gasteiger partial charge in [0.1, 0.15) is 12.2 Å². The van der Waals surface area contributed by atoms with Crippen LogP contribution in [0, 0.1) is 20.2 Å². The molecule has 1 aliphatic rings. The highest BCUT2D eigenvalue weighted by Gasteiger charge is 2.48. The quantitative estimate of drug-likeness (QED) is 0.100. The van der Waals surface area contributed by atoms with Gasteiger partial charge in [-0.15, -0.1) is 5.06 Å². The fraction of sp³-hybridized carbons (Fsp3) is 0.312. The van der Waals surface area contributed by atoms with Crippen molar-refractivity contribution in [1.82, 2.24) is 15.7 Å². The van der Waals surface area contributed by atoms with Gasteiger partial charge in [-0.1, -0.05) is 0 Å². The molecule has 4 N–H and O–H groups in total. The molecule has 20 heteroatoms. The molecule has 0 aliphatic carbocycles. The predicted octanol–water partition coefficient (Wildman–Crippen LogP) is -2.38. The van der Waals surface area contributed by atoms with E-state index < -0.39 is 92.2 Å². The minimum Gasteiger partial charge on any atom is -0.371 e. The third-order valence-electron chi connectivity index (χ3n) is 4.32. The number of rotatable bonds is 11. The number of non-ortho nitro benzene ring substituents is 1. The van der Waals surface area contributed by atoms with Gasteiger partial charge >= 0.3 is 5.97 Å². The third kappa shape index (κ3) is 7.14. The van der Waals surface area contributed by atoms with Crippen molar-refractivity contribution in [2.75, 3.05) is 25.0 Å². The summed E-state index contributed by atoms with van der Waals surface area (Å²) in [5.41, 5.74) is -1.40. The number of anilines is 1. The molecule has 0 spiro atoms. The first-order chi connectivity index (χ1) is 16.7. The van der Waals surface area contributed by atoms with Crippen LogP contribution in [0.4, 0.5) is 17.1 Å². The van der Waals surface area contributed by atoms with Crippen molar-refractivity contribution in [3.63, 3.8) is 0 Å². The van der Waals surface area contributed by atoms with E-state index in [9.17, 15) is 52.6 Å². The zero-order valence-corrected chi connectivity index (χ0v) is 18.6. The van der Waals surface area contributed by atoms with E-state index in [2.05, 4.69) is 15.5 Å². The Kier molecular flexibility index (Phi) is 8.51. The van der Waals surface area contributed by atoms with Crippen molar-refractivity contribution in [3.05, 3.63) is 38.4 Å². The maximum Gasteiger partial charge on any atom is 0.352 e. The van der Waals surface area contributed by atoms with Crippen molar-refractivity contribution < 1.29 is 51.6 Å². The lowest BCUT2D eigenvalue weighted by molar-refractivity contribution is -0.393. The number of imide groups is 1. The second-order valence-electron chi connectivity index (χ2n) is 6.82. The number of nitro benzene ring substituents is 2. The summed E-state index contributed by atoms with van der Waals surface area (Å²) in [5.74, 6) is -5.81. The van der Waals surface area contributed by atoms with E-state index in [1.165, 1.54) is 0 Å². The number of hydrogen-bond donors (Lipinski definition) is 4. The normalized spacial score (nSPS) is 15.2. The molecule has 194 valence electrons. The van der Waals surface area contributed by atoms with Gasteiger partial charge in [0, 0.05) is 6.07 Å². The topological polar surface area (TPSA) is 275 Å². The van der Waals surface area contributed by atoms with Crippen molar-refractivity contribution >= 4 is 56.8 Å². The van der Waals surface area contributed by atoms with Gasteiger partial charge in [-0.25, -0.2) is 4.79 Å². The summed E-state index contributed by atoms with van der Waals surface area (Å²) in [4.78, 5) is 83.1. The summed E-state index contributed by atoms with van der Waals surface area (Å²) in [6.07, 6.45) is -0.944. The number of amides is 4. The molecule has 0 aromatic heterocycles. The van der Waals surface area contributed by atoms with E-state index in [4.69, 9.17) is 4.55 Å². The third-order valence-corrected chi connectivity index (χ3v) is 5.41. The smallest absolute Gasteiger partial charge is 0.352 e. The second kappa shape index (κ2) is 11.1. The van der Waals surface area contributed by atoms with Crippen LogP contribution in [0.15, 0.2) is 18.2 Å². The summed E-state index contributed by atoms with van der Waals surface area (Å²) >= 11 is 0. The van der Waals surface area contributed by atoms with Crippen LogP contribution in [0.25, 0.3) is 0 Å². The van der Waals surface area contributed by atoms with Gasteiger partial charge in [-0.05, 0) is 6.07 Å². The molecule has 19 nitrogen and oxygen atoms in total. The highest BCUT2D eigenvalue weighted by Crippen LogP contribution is 2.28. The molecule has 1 aromatic carbocycles. The number of carbonyl (C=O) groups excluding carboxylic acids is 5. The largest absolute Gasteiger partial charge is 0.371 e. The van der Waals surface area contributed by atoms with Crippen LogP contribution in [0.5, 0.6) is 0 Å². The Morgan fingerprint density at radius 3 is 2.22 bits per heavy atom. The molecule has 1 saturated heterocycles. The van der Waals surface area contributed by atoms with Crippen molar-refractivity contribution in [1.29, 1.82) is 0 Å². The Morgan fingerprint density at radius 1 is 1.06 bits per heavy atom. The minimum atomic E-state index is -4.91. The van der Waals surface area contributed by atoms with Gasteiger partial charge in [0.15, 0.2) is 5.25 Å². The molecule has 1 aliphatic heterocycles. The first-order valence-electron chi connectivity index (χ1n) is 9.44. The van der Waals surface area contributed by atoms with Gasteiger partial charge in [0.25, 0.3) is 33.3 Å². The van der Waals surface area contributed by atoms with Crippen LogP contribution in [0.1, 0.15) is 6.42 Å². The average Bonchev–Trinajstić information content (AvgIpc) is 3.08. The van der Waals surface area contributed by atoms with Gasteiger partial charge in [-0.2, -0.15) is 8.42 Å². The lowest BCUT2D eigenvalue weighted by Gasteiger charge is -2.13. The number of nitro groups is 2. The molecule has 0 bridgehead atoms. The molecule has 0 saturated carbocycles. The highest BCUT2D eigenvalue weighted by molar-refractivity contribution is 7.87. The van der Waals surface area contributed by atoms with Gasteiger partial charge in [0.2, 0.25) is 11.8 Å². The highest BCUT2D eigenvalue weighted by atomic mass is 32.2. The van der Waals surface area contributed by atoms with E-state index >= 15 is 0 Å². The number of benzene rings is 1. The van der Waals surface area contributed by atoms with Crippen LogP contribution < -0.4 is 16.0 Å². The molecule has 1 atom stereocenters. The number of hydrogen-bond acceptors (Lipinski definition) is 13. The van der Waals surface area contributed by atoms with E-state index in [0.717, 1.165) is 12.1 Å². The molecule has 4 amide bonds. The van der Waals surface area contributed by atoms with E-state index in [0.29, 0.717) is 6.07 Å². The fourth-order valence-corrected chi connectivity index (χ4v) is 3.33. The van der Waals surface area contributed by atoms with Gasteiger partial charge in [0.05, 0.1) is 35.4 Å². The minimum absolute atomic E-state index is 0.155. The lowest BCUT2D eigenvalue weighted by atomic mass is 10.2. The Bertz CT molecular complexity index is 1250. The van der Waals surface area contributed by atoms with Crippen LogP contribution in [0.2, 0.25) is 0 Å². The molecule has 1 fully saturated rings. The van der Waals surface area contributed by atoms with E-state index in [1.54, 1.807) is 0 Å². The molecule has 2 rings (SSSR count). The van der Waals surface area contributed by atoms with Gasteiger partial charge in [-0.3, -0.25) is 44.0 Å². The van der Waals surface area contributed by atoms with Crippen molar-refractivity contribution in [2.45, 2.75) is 11.7 Å². The first-order valence-corrected chi connectivity index (χ1v) is 10.9. The van der Waals surface area contributed by atoms with Crippen LogP contribution in [-0.2, 0) is 38.9 Å². The molecule has 1 aromatic rings. The molecular weight excluding hydrogens is 516 g/mol. The average molecular weight is 532 g/mol. The summed E-state index contributed by atoms with van der Waals surface area (Å²) < 4.78 is 31.0. The fourth-order valence-electron chi connectivity index (χ4n) is 2.63. The lowest BCUT2D eigenvalue weighted by Crippen LogP contribution is -2.43. The van der Waals surface area contributed by atoms with Gasteiger partial charge < -0.3 is 20.8 Å². The molecular formula is C16H16N6O13S. The molecule has 1 unspecified atom stereocenters. The zero-order chi connectivity index (χ0) is 27.2. The summed E-state index contributed by atoms with van der Waals surface area (Å²) in [5, 5.41) is 26.0. The van der Waals surface area contributed by atoms with Crippen LogP contribution in [-0.4, -0.2) is 82.4 Å². The van der Waals surface area contributed by atoms with E-state index in [-0.39, 0.29) is 10.8 Å². The standard InChI is InChI=1S/C16H16N6O13S/c23-12(5-17-9-2-1-8(21(28)29)3-10(9)22(30)31)18-6-13(24)19-7-15(26)35-20-14(25)4-11(16(20)27)36(32,33)34/h1-3,11,17H,4-7H2,(H,18,23)(H,19,24)(H,32,33,34). The number of carbonyl (C=O) groups is 5. The Hall–Kier alpha value is -4.72.